The molecule has 10 nitrogen and oxygen atoms in total. The lowest BCUT2D eigenvalue weighted by Gasteiger charge is -2.37. The molecule has 222 valence electrons. The predicted molar refractivity (Wildman–Crippen MR) is 131 cm³/mol. The van der Waals surface area contributed by atoms with E-state index in [1.54, 1.807) is 12.0 Å². The highest BCUT2D eigenvalue weighted by Gasteiger charge is 2.60. The maximum absolute atomic E-state index is 12.6. The molecule has 5 rings (SSSR count). The van der Waals surface area contributed by atoms with Crippen LogP contribution in [-0.4, -0.2) is 109 Å². The molecule has 16 heteroatoms. The Hall–Kier alpha value is -3.11. The fourth-order valence-corrected chi connectivity index (χ4v) is 5.03. The molecular weight excluding hydrogens is 552 g/mol. The third kappa shape index (κ3) is 6.61. The lowest BCUT2D eigenvalue weighted by atomic mass is 10.1. The van der Waals surface area contributed by atoms with Crippen LogP contribution in [0, 0.1) is 0 Å². The Labute approximate surface area is 225 Å². The SMILES string of the molecule is CCN(CCNc1nc(N2[C@@H]3CO[C@H]4[C@@H]3OC[C@H]42)c2cc(OC)ccc2n1)CCC(F)(F)F.O=C(O)C(F)(F)F. The first kappa shape index (κ1) is 29.9. The Kier molecular flexibility index (Phi) is 8.80. The topological polar surface area (TPSA) is 109 Å². The first-order chi connectivity index (χ1) is 18.8. The number of nitrogens with one attached hydrogen (secondary N) is 1. The number of hydrogen-bond donors (Lipinski definition) is 2. The van der Waals surface area contributed by atoms with Gasteiger partial charge < -0.3 is 34.4 Å². The van der Waals surface area contributed by atoms with E-state index in [1.165, 1.54) is 0 Å². The molecule has 0 aliphatic carbocycles. The molecule has 0 radical (unpaired) electrons. The second kappa shape index (κ2) is 11.8. The number of carboxylic acids is 1. The number of rotatable bonds is 9. The summed E-state index contributed by atoms with van der Waals surface area (Å²) in [6.45, 7) is 4.47. The van der Waals surface area contributed by atoms with Crippen molar-refractivity contribution < 1.29 is 50.5 Å². The lowest BCUT2D eigenvalue weighted by Crippen LogP contribution is -2.50. The van der Waals surface area contributed by atoms with Crippen LogP contribution in [0.4, 0.5) is 38.1 Å². The third-order valence-corrected chi connectivity index (χ3v) is 6.96. The molecule has 1 aromatic carbocycles. The van der Waals surface area contributed by atoms with Gasteiger partial charge in [-0.25, -0.2) is 9.78 Å². The van der Waals surface area contributed by atoms with Gasteiger partial charge in [-0.05, 0) is 24.7 Å². The number of benzene rings is 1. The van der Waals surface area contributed by atoms with Crippen LogP contribution in [0.2, 0.25) is 0 Å². The number of ether oxygens (including phenoxy) is 3. The zero-order valence-electron chi connectivity index (χ0n) is 21.6. The van der Waals surface area contributed by atoms with Crippen molar-refractivity contribution in [3.8, 4) is 5.75 Å². The normalized spacial score (nSPS) is 23.5. The molecule has 4 atom stereocenters. The minimum atomic E-state index is -5.08. The van der Waals surface area contributed by atoms with Crippen molar-refractivity contribution in [1.29, 1.82) is 0 Å². The van der Waals surface area contributed by atoms with Crippen LogP contribution in [-0.2, 0) is 14.3 Å². The zero-order valence-corrected chi connectivity index (χ0v) is 21.6. The Balaban J connectivity index is 0.000000470. The predicted octanol–water partition coefficient (Wildman–Crippen LogP) is 3.31. The van der Waals surface area contributed by atoms with E-state index in [2.05, 4.69) is 15.2 Å². The number of carbonyl (C=O) groups is 1. The van der Waals surface area contributed by atoms with Crippen molar-refractivity contribution in [2.24, 2.45) is 0 Å². The average molecular weight is 582 g/mol. The maximum Gasteiger partial charge on any atom is 0.490 e. The van der Waals surface area contributed by atoms with Crippen LogP contribution in [0.1, 0.15) is 13.3 Å². The molecule has 1 aromatic heterocycles. The lowest BCUT2D eigenvalue weighted by molar-refractivity contribution is -0.192. The highest BCUT2D eigenvalue weighted by atomic mass is 19.4. The van der Waals surface area contributed by atoms with E-state index in [-0.39, 0.29) is 30.8 Å². The van der Waals surface area contributed by atoms with Crippen LogP contribution in [0.15, 0.2) is 18.2 Å². The van der Waals surface area contributed by atoms with Crippen molar-refractivity contribution in [3.05, 3.63) is 18.2 Å². The van der Waals surface area contributed by atoms with E-state index in [9.17, 15) is 26.3 Å². The third-order valence-electron chi connectivity index (χ3n) is 6.96. The second-order valence-electron chi connectivity index (χ2n) is 9.42. The number of aromatic nitrogens is 2. The molecule has 2 N–H and O–H groups in total. The molecule has 0 spiro atoms. The van der Waals surface area contributed by atoms with Gasteiger partial charge in [-0.2, -0.15) is 31.3 Å². The number of aliphatic carboxylic acids is 1. The van der Waals surface area contributed by atoms with Gasteiger partial charge in [0.05, 0.1) is 44.3 Å². The Morgan fingerprint density at radius 3 is 2.27 bits per heavy atom. The van der Waals surface area contributed by atoms with Gasteiger partial charge in [0.25, 0.3) is 0 Å². The van der Waals surface area contributed by atoms with Crippen molar-refractivity contribution in [2.45, 2.75) is 50.0 Å². The first-order valence-electron chi connectivity index (χ1n) is 12.5. The van der Waals surface area contributed by atoms with Crippen LogP contribution in [0.25, 0.3) is 10.9 Å². The number of halogens is 6. The second-order valence-corrected chi connectivity index (χ2v) is 9.42. The quantitative estimate of drug-likeness (QED) is 0.428. The number of methoxy groups -OCH3 is 1. The number of fused-ring (bicyclic) bond motifs is 1. The summed E-state index contributed by atoms with van der Waals surface area (Å²) in [7, 11) is 1.62. The summed E-state index contributed by atoms with van der Waals surface area (Å²) >= 11 is 0. The van der Waals surface area contributed by atoms with Crippen molar-refractivity contribution >= 4 is 28.6 Å². The fourth-order valence-electron chi connectivity index (χ4n) is 5.03. The number of hydrogen-bond acceptors (Lipinski definition) is 9. The molecule has 0 saturated carbocycles. The standard InChI is InChI=1S/C22H28F3N5O3.C2HF3O2/c1-3-29(8-6-22(23,24)25)9-7-26-21-27-15-5-4-13(31-2)10-14(15)20(28-21)30-16-11-32-19-17(30)12-33-18(16)19;3-2(4,5)1(6)7/h4-5,10,16-19H,3,6-9,11-12H2,1-2H3,(H,26,27,28);(H,6,7)/t16-,17-,18-,19-;/m1./s1. The smallest absolute Gasteiger partial charge is 0.490 e. The van der Waals surface area contributed by atoms with E-state index < -0.39 is 24.7 Å². The Morgan fingerprint density at radius 1 is 1.12 bits per heavy atom. The Morgan fingerprint density at radius 2 is 1.75 bits per heavy atom. The van der Waals surface area contributed by atoms with Crippen molar-refractivity contribution in [3.63, 3.8) is 0 Å². The summed E-state index contributed by atoms with van der Waals surface area (Å²) < 4.78 is 86.6. The summed E-state index contributed by atoms with van der Waals surface area (Å²) in [5, 5.41) is 11.2. The summed E-state index contributed by atoms with van der Waals surface area (Å²) in [6, 6.07) is 5.89. The van der Waals surface area contributed by atoms with Crippen molar-refractivity contribution in [1.82, 2.24) is 14.9 Å². The minimum absolute atomic E-state index is 0.0226. The van der Waals surface area contributed by atoms with Crippen molar-refractivity contribution in [2.75, 3.05) is 56.7 Å². The summed E-state index contributed by atoms with van der Waals surface area (Å²) in [4.78, 5) is 22.4. The maximum atomic E-state index is 12.6. The van der Waals surface area contributed by atoms with E-state index in [0.717, 1.165) is 22.5 Å². The highest BCUT2D eigenvalue weighted by molar-refractivity contribution is 5.92. The highest BCUT2D eigenvalue weighted by Crippen LogP contribution is 2.45. The summed E-state index contributed by atoms with van der Waals surface area (Å²) in [6.07, 6.45) is -9.95. The van der Waals surface area contributed by atoms with Gasteiger partial charge in [-0.3, -0.25) is 0 Å². The largest absolute Gasteiger partial charge is 0.497 e. The van der Waals surface area contributed by atoms with Gasteiger partial charge >= 0.3 is 18.3 Å². The van der Waals surface area contributed by atoms with Gasteiger partial charge in [-0.15, -0.1) is 0 Å². The number of nitrogens with zero attached hydrogens (tertiary/aromatic N) is 4. The number of likely N-dealkylation sites (N-methyl/N-ethyl adjacent to an activating group) is 1. The number of morpholine rings is 2. The van der Waals surface area contributed by atoms with Gasteiger partial charge in [0.1, 0.15) is 23.8 Å². The summed E-state index contributed by atoms with van der Waals surface area (Å²) in [5.74, 6) is -0.777. The van der Waals surface area contributed by atoms with Crippen LogP contribution >= 0.6 is 0 Å². The minimum Gasteiger partial charge on any atom is -0.497 e. The molecule has 3 fully saturated rings. The molecule has 3 aliphatic heterocycles. The molecule has 40 heavy (non-hydrogen) atoms. The molecule has 3 saturated heterocycles. The molecule has 0 amide bonds. The van der Waals surface area contributed by atoms with E-state index in [4.69, 9.17) is 29.1 Å². The van der Waals surface area contributed by atoms with E-state index in [1.807, 2.05) is 25.1 Å². The number of alkyl halides is 6. The molecule has 4 bridgehead atoms. The summed E-state index contributed by atoms with van der Waals surface area (Å²) in [5.41, 5.74) is 0.771. The van der Waals surface area contributed by atoms with Gasteiger partial charge in [0, 0.05) is 25.0 Å². The molecular formula is C24H29F6N5O5. The molecule has 3 aliphatic rings. The molecule has 2 aromatic rings. The van der Waals surface area contributed by atoms with Crippen LogP contribution < -0.4 is 15.0 Å². The molecule has 0 unspecified atom stereocenters. The average Bonchev–Trinajstić information content (AvgIpc) is 3.58. The zero-order chi connectivity index (χ0) is 29.2. The number of carboxylic acid groups (broad SMARTS) is 1. The molecule has 4 heterocycles. The van der Waals surface area contributed by atoms with Gasteiger partial charge in [0.15, 0.2) is 0 Å². The first-order valence-corrected chi connectivity index (χ1v) is 12.5. The van der Waals surface area contributed by atoms with Gasteiger partial charge in [0.2, 0.25) is 5.95 Å². The van der Waals surface area contributed by atoms with Crippen LogP contribution in [0.5, 0.6) is 5.75 Å². The van der Waals surface area contributed by atoms with Gasteiger partial charge in [-0.1, -0.05) is 6.92 Å². The van der Waals surface area contributed by atoms with E-state index in [0.29, 0.717) is 38.8 Å². The monoisotopic (exact) mass is 581 g/mol. The van der Waals surface area contributed by atoms with E-state index >= 15 is 0 Å². The fraction of sp³-hybridized carbons (Fsp3) is 0.625. The Bertz CT molecular complexity index is 1180. The number of anilines is 2. The van der Waals surface area contributed by atoms with Crippen LogP contribution in [0.3, 0.4) is 0 Å².